The van der Waals surface area contributed by atoms with Crippen LogP contribution in [0.3, 0.4) is 0 Å². The van der Waals surface area contributed by atoms with Crippen LogP contribution in [0.1, 0.15) is 35.0 Å². The Morgan fingerprint density at radius 2 is 2.12 bits per heavy atom. The second kappa shape index (κ2) is 8.31. The van der Waals surface area contributed by atoms with E-state index < -0.39 is 4.92 Å². The van der Waals surface area contributed by atoms with Gasteiger partial charge in [0.2, 0.25) is 0 Å². The molecule has 0 unspecified atom stereocenters. The van der Waals surface area contributed by atoms with Crippen LogP contribution >= 0.6 is 11.3 Å². The van der Waals surface area contributed by atoms with Gasteiger partial charge in [-0.3, -0.25) is 14.9 Å². The van der Waals surface area contributed by atoms with Crippen LogP contribution in [0.4, 0.5) is 11.4 Å². The van der Waals surface area contributed by atoms with Crippen molar-refractivity contribution in [1.82, 2.24) is 5.32 Å². The zero-order chi connectivity index (χ0) is 18.5. The summed E-state index contributed by atoms with van der Waals surface area (Å²) in [6.45, 7) is 4.48. The first-order chi connectivity index (χ1) is 12.5. The SMILES string of the molecule is CC1CCN(c2ccc([N+](=O)[O-])cc2C(=O)NCCc2cccs2)CC1. The van der Waals surface area contributed by atoms with E-state index in [4.69, 9.17) is 0 Å². The summed E-state index contributed by atoms with van der Waals surface area (Å²) in [4.78, 5) is 26.8. The third-order valence-corrected chi connectivity index (χ3v) is 5.73. The molecule has 1 aliphatic rings. The lowest BCUT2D eigenvalue weighted by Crippen LogP contribution is -2.35. The summed E-state index contributed by atoms with van der Waals surface area (Å²) in [7, 11) is 0. The number of thiophene rings is 1. The van der Waals surface area contributed by atoms with Crippen LogP contribution in [-0.4, -0.2) is 30.5 Å². The third kappa shape index (κ3) is 4.40. The van der Waals surface area contributed by atoms with Crippen LogP contribution < -0.4 is 10.2 Å². The number of hydrogen-bond acceptors (Lipinski definition) is 5. The fourth-order valence-electron chi connectivity index (χ4n) is 3.19. The van der Waals surface area contributed by atoms with Gasteiger partial charge in [0.25, 0.3) is 11.6 Å². The summed E-state index contributed by atoms with van der Waals surface area (Å²) in [5.74, 6) is 0.422. The quantitative estimate of drug-likeness (QED) is 0.616. The first kappa shape index (κ1) is 18.4. The third-order valence-electron chi connectivity index (χ3n) is 4.80. The standard InChI is InChI=1S/C19H23N3O3S/c1-14-7-10-21(11-8-14)18-5-4-15(22(24)25)13-17(18)19(23)20-9-6-16-3-2-12-26-16/h2-5,12-14H,6-11H2,1H3,(H,20,23). The minimum absolute atomic E-state index is 0.0532. The molecule has 1 amide bonds. The molecule has 0 radical (unpaired) electrons. The lowest BCUT2D eigenvalue weighted by molar-refractivity contribution is -0.384. The van der Waals surface area contributed by atoms with E-state index in [-0.39, 0.29) is 11.6 Å². The Hall–Kier alpha value is -2.41. The number of piperidine rings is 1. The highest BCUT2D eigenvalue weighted by molar-refractivity contribution is 7.09. The van der Waals surface area contributed by atoms with Gasteiger partial charge in [-0.05, 0) is 42.7 Å². The van der Waals surface area contributed by atoms with Gasteiger partial charge in [-0.1, -0.05) is 13.0 Å². The molecule has 0 bridgehead atoms. The summed E-state index contributed by atoms with van der Waals surface area (Å²) in [5.41, 5.74) is 1.12. The zero-order valence-corrected chi connectivity index (χ0v) is 15.6. The van der Waals surface area contributed by atoms with E-state index in [0.717, 1.165) is 38.0 Å². The van der Waals surface area contributed by atoms with E-state index in [1.807, 2.05) is 17.5 Å². The molecule has 3 rings (SSSR count). The van der Waals surface area contributed by atoms with E-state index in [1.165, 1.54) is 17.0 Å². The van der Waals surface area contributed by atoms with E-state index in [9.17, 15) is 14.9 Å². The number of nitro groups is 1. The highest BCUT2D eigenvalue weighted by Gasteiger charge is 2.23. The average Bonchev–Trinajstić information content (AvgIpc) is 3.15. The van der Waals surface area contributed by atoms with Crippen molar-refractivity contribution in [3.63, 3.8) is 0 Å². The maximum absolute atomic E-state index is 12.7. The van der Waals surface area contributed by atoms with E-state index in [1.54, 1.807) is 17.4 Å². The Morgan fingerprint density at radius 1 is 1.35 bits per heavy atom. The summed E-state index contributed by atoms with van der Waals surface area (Å²) in [6.07, 6.45) is 2.89. The molecule has 6 nitrogen and oxygen atoms in total. The van der Waals surface area contributed by atoms with Crippen molar-refractivity contribution in [2.45, 2.75) is 26.2 Å². The number of carbonyl (C=O) groups excluding carboxylic acids is 1. The van der Waals surface area contributed by atoms with Crippen LogP contribution in [0.5, 0.6) is 0 Å². The van der Waals surface area contributed by atoms with Crippen molar-refractivity contribution in [3.8, 4) is 0 Å². The minimum Gasteiger partial charge on any atom is -0.371 e. The van der Waals surface area contributed by atoms with Gasteiger partial charge in [-0.2, -0.15) is 0 Å². The number of hydrogen-bond donors (Lipinski definition) is 1. The average molecular weight is 373 g/mol. The molecule has 0 aliphatic carbocycles. The van der Waals surface area contributed by atoms with E-state index >= 15 is 0 Å². The lowest BCUT2D eigenvalue weighted by atomic mass is 9.98. The van der Waals surface area contributed by atoms with Crippen molar-refractivity contribution in [2.24, 2.45) is 5.92 Å². The van der Waals surface area contributed by atoms with E-state index in [0.29, 0.717) is 18.0 Å². The number of nitrogens with zero attached hydrogens (tertiary/aromatic N) is 2. The largest absolute Gasteiger partial charge is 0.371 e. The zero-order valence-electron chi connectivity index (χ0n) is 14.8. The molecule has 0 spiro atoms. The second-order valence-corrected chi connectivity index (χ2v) is 7.75. The summed E-state index contributed by atoms with van der Waals surface area (Å²) < 4.78 is 0. The van der Waals surface area contributed by atoms with Crippen molar-refractivity contribution in [3.05, 3.63) is 56.3 Å². The van der Waals surface area contributed by atoms with Crippen molar-refractivity contribution in [2.75, 3.05) is 24.5 Å². The molecule has 1 saturated heterocycles. The first-order valence-electron chi connectivity index (χ1n) is 8.88. The molecular formula is C19H23N3O3S. The van der Waals surface area contributed by atoms with Crippen LogP contribution in [0.25, 0.3) is 0 Å². The Labute approximate surface area is 157 Å². The number of anilines is 1. The fourth-order valence-corrected chi connectivity index (χ4v) is 3.90. The smallest absolute Gasteiger partial charge is 0.270 e. The molecule has 1 aliphatic heterocycles. The molecule has 0 saturated carbocycles. The maximum atomic E-state index is 12.7. The van der Waals surface area contributed by atoms with E-state index in [2.05, 4.69) is 17.1 Å². The highest BCUT2D eigenvalue weighted by atomic mass is 32.1. The second-order valence-electron chi connectivity index (χ2n) is 6.71. The van der Waals surface area contributed by atoms with Gasteiger partial charge < -0.3 is 10.2 Å². The van der Waals surface area contributed by atoms with Gasteiger partial charge in [0.15, 0.2) is 0 Å². The Bertz CT molecular complexity index is 768. The number of non-ortho nitro benzene ring substituents is 1. The highest BCUT2D eigenvalue weighted by Crippen LogP contribution is 2.29. The first-order valence-corrected chi connectivity index (χ1v) is 9.76. The fraction of sp³-hybridized carbons (Fsp3) is 0.421. The Morgan fingerprint density at radius 3 is 2.77 bits per heavy atom. The van der Waals surface area contributed by atoms with Gasteiger partial charge >= 0.3 is 0 Å². The lowest BCUT2D eigenvalue weighted by Gasteiger charge is -2.33. The molecule has 1 N–H and O–H groups in total. The molecule has 0 atom stereocenters. The predicted molar refractivity (Wildman–Crippen MR) is 104 cm³/mol. The van der Waals surface area contributed by atoms with Crippen molar-refractivity contribution >= 4 is 28.6 Å². The van der Waals surface area contributed by atoms with Crippen LogP contribution in [-0.2, 0) is 6.42 Å². The van der Waals surface area contributed by atoms with Crippen molar-refractivity contribution < 1.29 is 9.72 Å². The maximum Gasteiger partial charge on any atom is 0.270 e. The minimum atomic E-state index is -0.454. The number of carbonyl (C=O) groups is 1. The molecule has 138 valence electrons. The summed E-state index contributed by atoms with van der Waals surface area (Å²) >= 11 is 1.65. The summed E-state index contributed by atoms with van der Waals surface area (Å²) in [6, 6.07) is 8.61. The van der Waals surface area contributed by atoms with Gasteiger partial charge in [0.1, 0.15) is 0 Å². The van der Waals surface area contributed by atoms with Gasteiger partial charge in [0.05, 0.1) is 16.2 Å². The number of nitrogens with one attached hydrogen (secondary N) is 1. The normalized spacial score (nSPS) is 15.0. The van der Waals surface area contributed by atoms with Gasteiger partial charge in [-0.25, -0.2) is 0 Å². The van der Waals surface area contributed by atoms with Crippen LogP contribution in [0.15, 0.2) is 35.7 Å². The molecule has 1 aromatic heterocycles. The van der Waals surface area contributed by atoms with Gasteiger partial charge in [0, 0.05) is 36.6 Å². The van der Waals surface area contributed by atoms with Crippen LogP contribution in [0.2, 0.25) is 0 Å². The molecule has 7 heteroatoms. The monoisotopic (exact) mass is 373 g/mol. The molecule has 2 heterocycles. The number of nitro benzene ring substituents is 1. The number of amides is 1. The summed E-state index contributed by atoms with van der Waals surface area (Å²) in [5, 5.41) is 16.1. The molecule has 26 heavy (non-hydrogen) atoms. The predicted octanol–water partition coefficient (Wildman–Crippen LogP) is 3.87. The topological polar surface area (TPSA) is 75.5 Å². The number of benzene rings is 1. The van der Waals surface area contributed by atoms with Gasteiger partial charge in [-0.15, -0.1) is 11.3 Å². The number of rotatable bonds is 6. The van der Waals surface area contributed by atoms with Crippen molar-refractivity contribution in [1.29, 1.82) is 0 Å². The molecular weight excluding hydrogens is 350 g/mol. The Kier molecular flexibility index (Phi) is 5.88. The Balaban J connectivity index is 1.76. The molecule has 1 fully saturated rings. The molecule has 1 aromatic carbocycles. The van der Waals surface area contributed by atoms with Crippen LogP contribution in [0, 0.1) is 16.0 Å². The molecule has 2 aromatic rings.